The van der Waals surface area contributed by atoms with Gasteiger partial charge in [-0.25, -0.2) is 0 Å². The number of anilines is 1. The molecule has 0 aliphatic heterocycles. The lowest BCUT2D eigenvalue weighted by molar-refractivity contribution is -0.862. The summed E-state index contributed by atoms with van der Waals surface area (Å²) in [4.78, 5) is 25.3. The Morgan fingerprint density at radius 3 is 2.31 bits per heavy atom. The van der Waals surface area contributed by atoms with E-state index in [0.717, 1.165) is 21.7 Å². The molecule has 2 rings (SSSR count). The Balaban J connectivity index is 1.84. The number of carbonyl (C=O) groups excluding carboxylic acids is 2. The Labute approximate surface area is 154 Å². The Kier molecular flexibility index (Phi) is 6.58. The Morgan fingerprint density at radius 1 is 1.12 bits per heavy atom. The molecular weight excluding hydrogens is 330 g/mol. The highest BCUT2D eigenvalue weighted by molar-refractivity contribution is 5.93. The number of amides is 2. The largest absolute Gasteiger partial charge is 0.467 e. The molecule has 26 heavy (non-hydrogen) atoms. The van der Waals surface area contributed by atoms with Crippen molar-refractivity contribution in [2.45, 2.75) is 33.7 Å². The molecule has 1 unspecified atom stereocenters. The van der Waals surface area contributed by atoms with Crippen molar-refractivity contribution in [3.8, 4) is 0 Å². The van der Waals surface area contributed by atoms with E-state index in [0.29, 0.717) is 5.76 Å². The smallest absolute Gasteiger partial charge is 0.279 e. The molecule has 6 heteroatoms. The number of benzene rings is 1. The fourth-order valence-corrected chi connectivity index (χ4v) is 3.07. The molecule has 0 spiro atoms. The van der Waals surface area contributed by atoms with Gasteiger partial charge < -0.3 is 20.0 Å². The Morgan fingerprint density at radius 2 is 1.73 bits per heavy atom. The highest BCUT2D eigenvalue weighted by atomic mass is 16.3. The van der Waals surface area contributed by atoms with Gasteiger partial charge in [0.05, 0.1) is 19.4 Å². The summed E-state index contributed by atoms with van der Waals surface area (Å²) in [6.45, 7) is 8.29. The second-order valence-corrected chi connectivity index (χ2v) is 6.94. The van der Waals surface area contributed by atoms with Gasteiger partial charge in [-0.1, -0.05) is 17.7 Å². The van der Waals surface area contributed by atoms with E-state index < -0.39 is 0 Å². The van der Waals surface area contributed by atoms with Gasteiger partial charge in [-0.2, -0.15) is 0 Å². The molecule has 0 fully saturated rings. The molecule has 2 atom stereocenters. The normalized spacial score (nSPS) is 13.1. The standard InChI is InChI=1S/C20H27N3O3/c1-13-9-14(2)20(15(3)10-13)22-19(25)12-23(5)11-18(24)21-16(4)17-7-6-8-26-17/h6-10,16H,11-12H2,1-5H3,(H,21,24)(H,22,25)/p+1/t16-/m1/s1. The number of carbonyl (C=O) groups is 2. The summed E-state index contributed by atoms with van der Waals surface area (Å²) in [7, 11) is 1.82. The lowest BCUT2D eigenvalue weighted by Crippen LogP contribution is -3.11. The number of quaternary nitrogens is 1. The fraction of sp³-hybridized carbons (Fsp3) is 0.400. The fourth-order valence-electron chi connectivity index (χ4n) is 3.07. The topological polar surface area (TPSA) is 75.8 Å². The van der Waals surface area contributed by atoms with E-state index in [-0.39, 0.29) is 30.9 Å². The van der Waals surface area contributed by atoms with Crippen molar-refractivity contribution in [1.29, 1.82) is 0 Å². The zero-order chi connectivity index (χ0) is 19.3. The summed E-state index contributed by atoms with van der Waals surface area (Å²) in [6.07, 6.45) is 1.58. The monoisotopic (exact) mass is 358 g/mol. The van der Waals surface area contributed by atoms with Crippen LogP contribution in [0.1, 0.15) is 35.4 Å². The van der Waals surface area contributed by atoms with Gasteiger partial charge in [0.2, 0.25) is 0 Å². The van der Waals surface area contributed by atoms with Crippen molar-refractivity contribution in [1.82, 2.24) is 5.32 Å². The average molecular weight is 358 g/mol. The van der Waals surface area contributed by atoms with Crippen molar-refractivity contribution in [3.05, 3.63) is 53.0 Å². The number of aryl methyl sites for hydroxylation is 3. The lowest BCUT2D eigenvalue weighted by Gasteiger charge is -2.17. The van der Waals surface area contributed by atoms with Crippen LogP contribution in [0.25, 0.3) is 0 Å². The molecule has 1 aromatic heterocycles. The molecular formula is C20H28N3O3+. The summed E-state index contributed by atoms with van der Waals surface area (Å²) in [5.41, 5.74) is 4.10. The molecule has 2 amide bonds. The highest BCUT2D eigenvalue weighted by Crippen LogP contribution is 2.21. The zero-order valence-electron chi connectivity index (χ0n) is 16.1. The van der Waals surface area contributed by atoms with Crippen LogP contribution in [-0.4, -0.2) is 32.0 Å². The number of likely N-dealkylation sites (N-methyl/N-ethyl adjacent to an activating group) is 1. The molecule has 0 saturated heterocycles. The predicted octanol–water partition coefficient (Wildman–Crippen LogP) is 1.54. The van der Waals surface area contributed by atoms with Gasteiger partial charge in [-0.15, -0.1) is 0 Å². The number of furan rings is 1. The average Bonchev–Trinajstić information content (AvgIpc) is 3.04. The number of rotatable bonds is 7. The molecule has 0 radical (unpaired) electrons. The molecule has 0 aliphatic carbocycles. The number of hydrogen-bond acceptors (Lipinski definition) is 3. The molecule has 1 heterocycles. The van der Waals surface area contributed by atoms with E-state index >= 15 is 0 Å². The van der Waals surface area contributed by atoms with E-state index in [1.807, 2.05) is 52.9 Å². The quantitative estimate of drug-likeness (QED) is 0.703. The van der Waals surface area contributed by atoms with Crippen LogP contribution in [0.2, 0.25) is 0 Å². The number of nitrogens with one attached hydrogen (secondary N) is 3. The molecule has 0 saturated carbocycles. The lowest BCUT2D eigenvalue weighted by atomic mass is 10.1. The van der Waals surface area contributed by atoms with Crippen molar-refractivity contribution in [3.63, 3.8) is 0 Å². The second-order valence-electron chi connectivity index (χ2n) is 6.94. The van der Waals surface area contributed by atoms with Crippen LogP contribution in [0.4, 0.5) is 5.69 Å². The van der Waals surface area contributed by atoms with Crippen molar-refractivity contribution < 1.29 is 18.9 Å². The number of hydrogen-bond donors (Lipinski definition) is 3. The molecule has 3 N–H and O–H groups in total. The van der Waals surface area contributed by atoms with Gasteiger partial charge in [-0.05, 0) is 51.0 Å². The SMILES string of the molecule is Cc1cc(C)c(NC(=O)C[NH+](C)CC(=O)N[C@H](C)c2ccco2)c(C)c1. The third-order valence-corrected chi connectivity index (χ3v) is 4.21. The van der Waals surface area contributed by atoms with Crippen LogP contribution in [0.15, 0.2) is 34.9 Å². The zero-order valence-corrected chi connectivity index (χ0v) is 16.1. The van der Waals surface area contributed by atoms with Gasteiger partial charge in [-0.3, -0.25) is 9.59 Å². The van der Waals surface area contributed by atoms with Crippen LogP contribution in [0.3, 0.4) is 0 Å². The van der Waals surface area contributed by atoms with E-state index in [4.69, 9.17) is 4.42 Å². The van der Waals surface area contributed by atoms with Gasteiger partial charge in [0, 0.05) is 5.69 Å². The summed E-state index contributed by atoms with van der Waals surface area (Å²) in [5.74, 6) is 0.477. The summed E-state index contributed by atoms with van der Waals surface area (Å²) < 4.78 is 5.28. The Bertz CT molecular complexity index is 746. The van der Waals surface area contributed by atoms with E-state index in [9.17, 15) is 9.59 Å². The maximum Gasteiger partial charge on any atom is 0.279 e. The molecule has 2 aromatic rings. The summed E-state index contributed by atoms with van der Waals surface area (Å²) in [5, 5.41) is 5.84. The highest BCUT2D eigenvalue weighted by Gasteiger charge is 2.18. The van der Waals surface area contributed by atoms with Crippen molar-refractivity contribution in [2.24, 2.45) is 0 Å². The molecule has 0 aliphatic rings. The van der Waals surface area contributed by atoms with Crippen LogP contribution < -0.4 is 15.5 Å². The Hall–Kier alpha value is -2.60. The minimum atomic E-state index is -0.197. The predicted molar refractivity (Wildman–Crippen MR) is 101 cm³/mol. The molecule has 1 aromatic carbocycles. The van der Waals surface area contributed by atoms with Gasteiger partial charge in [0.1, 0.15) is 5.76 Å². The van der Waals surface area contributed by atoms with Crippen LogP contribution in [0.5, 0.6) is 0 Å². The van der Waals surface area contributed by atoms with Gasteiger partial charge in [0.15, 0.2) is 13.1 Å². The van der Waals surface area contributed by atoms with Gasteiger partial charge >= 0.3 is 0 Å². The first kappa shape index (κ1) is 19.7. The van der Waals surface area contributed by atoms with E-state index in [1.54, 1.807) is 12.3 Å². The maximum atomic E-state index is 12.3. The van der Waals surface area contributed by atoms with Crippen LogP contribution >= 0.6 is 0 Å². The third-order valence-electron chi connectivity index (χ3n) is 4.21. The summed E-state index contributed by atoms with van der Waals surface area (Å²) >= 11 is 0. The van der Waals surface area contributed by atoms with Crippen LogP contribution in [0, 0.1) is 20.8 Å². The first-order valence-corrected chi connectivity index (χ1v) is 8.78. The maximum absolute atomic E-state index is 12.3. The van der Waals surface area contributed by atoms with Crippen LogP contribution in [-0.2, 0) is 9.59 Å². The molecule has 0 bridgehead atoms. The first-order valence-electron chi connectivity index (χ1n) is 8.78. The second kappa shape index (κ2) is 8.67. The van der Waals surface area contributed by atoms with Crippen molar-refractivity contribution >= 4 is 17.5 Å². The van der Waals surface area contributed by atoms with E-state index in [1.165, 1.54) is 5.56 Å². The summed E-state index contributed by atoms with van der Waals surface area (Å²) in [6, 6.07) is 7.50. The van der Waals surface area contributed by atoms with Gasteiger partial charge in [0.25, 0.3) is 11.8 Å². The van der Waals surface area contributed by atoms with Crippen molar-refractivity contribution in [2.75, 3.05) is 25.5 Å². The minimum absolute atomic E-state index is 0.107. The molecule has 6 nitrogen and oxygen atoms in total. The minimum Gasteiger partial charge on any atom is -0.467 e. The van der Waals surface area contributed by atoms with E-state index in [2.05, 4.69) is 10.6 Å². The third kappa shape index (κ3) is 5.46. The first-order chi connectivity index (χ1) is 12.3. The molecule has 140 valence electrons.